The van der Waals surface area contributed by atoms with Crippen LogP contribution in [-0.2, 0) is 4.74 Å². The van der Waals surface area contributed by atoms with E-state index in [2.05, 4.69) is 0 Å². The van der Waals surface area contributed by atoms with Crippen molar-refractivity contribution in [3.05, 3.63) is 0 Å². The summed E-state index contributed by atoms with van der Waals surface area (Å²) in [6.45, 7) is 0.899. The Labute approximate surface area is 104 Å². The van der Waals surface area contributed by atoms with Crippen LogP contribution in [0.3, 0.4) is 0 Å². The molecule has 0 bridgehead atoms. The molecular formula is C10H20O8. The van der Waals surface area contributed by atoms with Gasteiger partial charge in [-0.25, -0.2) is 0 Å². The van der Waals surface area contributed by atoms with Crippen LogP contribution in [0.25, 0.3) is 0 Å². The van der Waals surface area contributed by atoms with E-state index in [0.717, 1.165) is 0 Å². The smallest absolute Gasteiger partial charge is 0.280 e. The van der Waals surface area contributed by atoms with Crippen molar-refractivity contribution in [3.63, 3.8) is 0 Å². The SMILES string of the molecule is CCC(C1O[C@H](CO)[C@@H](O)[C@H](O)[C@H]1O)C(O)(O)O. The molecule has 0 radical (unpaired) electrons. The second kappa shape index (κ2) is 5.76. The van der Waals surface area contributed by atoms with E-state index in [-0.39, 0.29) is 6.42 Å². The summed E-state index contributed by atoms with van der Waals surface area (Å²) in [7, 11) is 0. The highest BCUT2D eigenvalue weighted by atomic mass is 16.7. The standard InChI is InChI=1S/C10H20O8/c1-2-4(10(15,16)17)9-8(14)7(13)6(12)5(3-11)18-9/h4-9,11-17H,2-3H2,1H3/t4?,5-,6-,7+,8-,9?/m1/s1. The molecule has 0 aromatic carbocycles. The van der Waals surface area contributed by atoms with E-state index in [1.165, 1.54) is 6.92 Å². The second-order valence-corrected chi connectivity index (χ2v) is 4.50. The van der Waals surface area contributed by atoms with Crippen LogP contribution in [0, 0.1) is 5.92 Å². The van der Waals surface area contributed by atoms with E-state index in [1.807, 2.05) is 0 Å². The first-order valence-electron chi connectivity index (χ1n) is 5.71. The third-order valence-corrected chi connectivity index (χ3v) is 3.26. The molecule has 0 aromatic heterocycles. The average Bonchev–Trinajstić information content (AvgIpc) is 2.28. The highest BCUT2D eigenvalue weighted by Crippen LogP contribution is 2.31. The van der Waals surface area contributed by atoms with E-state index in [1.54, 1.807) is 0 Å². The van der Waals surface area contributed by atoms with Crippen LogP contribution in [0.4, 0.5) is 0 Å². The fourth-order valence-electron chi connectivity index (χ4n) is 2.19. The number of rotatable bonds is 4. The van der Waals surface area contributed by atoms with Crippen LogP contribution in [0.15, 0.2) is 0 Å². The first-order valence-corrected chi connectivity index (χ1v) is 5.71. The van der Waals surface area contributed by atoms with Crippen molar-refractivity contribution in [1.29, 1.82) is 0 Å². The van der Waals surface area contributed by atoms with Crippen molar-refractivity contribution in [2.75, 3.05) is 6.61 Å². The predicted octanol–water partition coefficient (Wildman–Crippen LogP) is -3.51. The molecule has 0 aromatic rings. The molecule has 8 nitrogen and oxygen atoms in total. The molecule has 6 atom stereocenters. The second-order valence-electron chi connectivity index (χ2n) is 4.50. The minimum Gasteiger partial charge on any atom is -0.394 e. The molecule has 108 valence electrons. The fourth-order valence-corrected chi connectivity index (χ4v) is 2.19. The van der Waals surface area contributed by atoms with Crippen LogP contribution in [-0.4, -0.2) is 78.8 Å². The van der Waals surface area contributed by atoms with E-state index in [4.69, 9.17) is 9.84 Å². The minimum atomic E-state index is -3.09. The van der Waals surface area contributed by atoms with Gasteiger partial charge in [-0.1, -0.05) is 6.92 Å². The molecule has 2 unspecified atom stereocenters. The Morgan fingerprint density at radius 1 is 1.06 bits per heavy atom. The minimum absolute atomic E-state index is 0.0339. The van der Waals surface area contributed by atoms with Crippen LogP contribution < -0.4 is 0 Å². The highest BCUT2D eigenvalue weighted by Gasteiger charge is 2.50. The van der Waals surface area contributed by atoms with Gasteiger partial charge in [0.05, 0.1) is 18.6 Å². The van der Waals surface area contributed by atoms with Gasteiger partial charge in [-0.05, 0) is 6.42 Å². The van der Waals surface area contributed by atoms with Gasteiger partial charge in [-0.3, -0.25) is 0 Å². The Morgan fingerprint density at radius 3 is 2.00 bits per heavy atom. The molecule has 1 rings (SSSR count). The molecule has 0 saturated carbocycles. The fraction of sp³-hybridized carbons (Fsp3) is 1.00. The summed E-state index contributed by atoms with van der Waals surface area (Å²) in [5.41, 5.74) is 0. The molecular weight excluding hydrogens is 248 g/mol. The van der Waals surface area contributed by atoms with Gasteiger partial charge in [-0.15, -0.1) is 0 Å². The Balaban J connectivity index is 2.93. The van der Waals surface area contributed by atoms with Crippen molar-refractivity contribution >= 4 is 0 Å². The van der Waals surface area contributed by atoms with E-state index in [9.17, 15) is 30.6 Å². The number of ether oxygens (including phenoxy) is 1. The normalized spacial score (nSPS) is 39.7. The van der Waals surface area contributed by atoms with Crippen molar-refractivity contribution in [2.24, 2.45) is 5.92 Å². The lowest BCUT2D eigenvalue weighted by Gasteiger charge is -2.44. The van der Waals surface area contributed by atoms with E-state index in [0.29, 0.717) is 0 Å². The summed E-state index contributed by atoms with van der Waals surface area (Å²) < 4.78 is 5.12. The number of aliphatic hydroxyl groups is 7. The molecule has 18 heavy (non-hydrogen) atoms. The third-order valence-electron chi connectivity index (χ3n) is 3.26. The molecule has 7 N–H and O–H groups in total. The Kier molecular flexibility index (Phi) is 5.04. The first-order chi connectivity index (χ1) is 8.23. The first kappa shape index (κ1) is 15.7. The van der Waals surface area contributed by atoms with Gasteiger partial charge in [0.25, 0.3) is 5.97 Å². The zero-order chi connectivity index (χ0) is 14.1. The van der Waals surface area contributed by atoms with Gasteiger partial charge in [0.2, 0.25) is 0 Å². The molecule has 1 aliphatic rings. The molecule has 8 heteroatoms. The van der Waals surface area contributed by atoms with Gasteiger partial charge in [-0.2, -0.15) is 0 Å². The Bertz CT molecular complexity index is 263. The zero-order valence-electron chi connectivity index (χ0n) is 9.92. The Hall–Kier alpha value is -0.320. The molecule has 1 saturated heterocycles. The summed E-state index contributed by atoms with van der Waals surface area (Å²) in [6, 6.07) is 0. The molecule has 0 aliphatic carbocycles. The monoisotopic (exact) mass is 268 g/mol. The van der Waals surface area contributed by atoms with E-state index >= 15 is 0 Å². The summed E-state index contributed by atoms with van der Waals surface area (Å²) >= 11 is 0. The predicted molar refractivity (Wildman–Crippen MR) is 56.9 cm³/mol. The van der Waals surface area contributed by atoms with Crippen LogP contribution in [0.5, 0.6) is 0 Å². The molecule has 0 amide bonds. The van der Waals surface area contributed by atoms with Crippen LogP contribution in [0.2, 0.25) is 0 Å². The van der Waals surface area contributed by atoms with Gasteiger partial charge < -0.3 is 40.5 Å². The molecule has 1 heterocycles. The largest absolute Gasteiger partial charge is 0.394 e. The quantitative estimate of drug-likeness (QED) is 0.259. The number of hydrogen-bond acceptors (Lipinski definition) is 8. The maximum atomic E-state index is 9.74. The van der Waals surface area contributed by atoms with E-state index < -0.39 is 49.0 Å². The molecule has 1 fully saturated rings. The van der Waals surface area contributed by atoms with Crippen LogP contribution in [0.1, 0.15) is 13.3 Å². The lowest BCUT2D eigenvalue weighted by Crippen LogP contribution is -2.63. The summed E-state index contributed by atoms with van der Waals surface area (Å²) in [4.78, 5) is 0. The van der Waals surface area contributed by atoms with Gasteiger partial charge in [0.15, 0.2) is 0 Å². The maximum Gasteiger partial charge on any atom is 0.280 e. The maximum absolute atomic E-state index is 9.74. The molecule has 1 aliphatic heterocycles. The topological polar surface area (TPSA) is 151 Å². The lowest BCUT2D eigenvalue weighted by molar-refractivity contribution is -0.372. The highest BCUT2D eigenvalue weighted by molar-refractivity contribution is 4.95. The average molecular weight is 268 g/mol. The van der Waals surface area contributed by atoms with Gasteiger partial charge >= 0.3 is 0 Å². The number of hydrogen-bond donors (Lipinski definition) is 7. The zero-order valence-corrected chi connectivity index (χ0v) is 9.92. The summed E-state index contributed by atoms with van der Waals surface area (Å²) in [5.74, 6) is -4.40. The van der Waals surface area contributed by atoms with Crippen LogP contribution >= 0.6 is 0 Å². The summed E-state index contributed by atoms with van der Waals surface area (Å²) in [5, 5.41) is 65.3. The lowest BCUT2D eigenvalue weighted by atomic mass is 9.85. The Morgan fingerprint density at radius 2 is 1.61 bits per heavy atom. The van der Waals surface area contributed by atoms with Gasteiger partial charge in [0, 0.05) is 0 Å². The summed E-state index contributed by atoms with van der Waals surface area (Å²) in [6.07, 6.45) is -7.19. The number of aliphatic hydroxyl groups excluding tert-OH is 4. The van der Waals surface area contributed by atoms with Crippen molar-refractivity contribution in [2.45, 2.75) is 49.8 Å². The van der Waals surface area contributed by atoms with Crippen molar-refractivity contribution in [1.82, 2.24) is 0 Å². The van der Waals surface area contributed by atoms with Gasteiger partial charge in [0.1, 0.15) is 24.4 Å². The van der Waals surface area contributed by atoms with Crippen molar-refractivity contribution in [3.8, 4) is 0 Å². The third kappa shape index (κ3) is 2.98. The van der Waals surface area contributed by atoms with Crippen molar-refractivity contribution < 1.29 is 40.5 Å². The molecule has 0 spiro atoms.